The Morgan fingerprint density at radius 2 is 2.05 bits per heavy atom. The summed E-state index contributed by atoms with van der Waals surface area (Å²) in [5, 5.41) is 7.34. The topological polar surface area (TPSA) is 68.2 Å². The van der Waals surface area contributed by atoms with E-state index in [9.17, 15) is 0 Å². The lowest BCUT2D eigenvalue weighted by Gasteiger charge is -2.05. The maximum atomic E-state index is 5.81. The van der Waals surface area contributed by atoms with E-state index in [1.807, 2.05) is 24.0 Å². The minimum atomic E-state index is 0.544. The largest absolute Gasteiger partial charge is 0.370 e. The molecule has 0 aliphatic heterocycles. The van der Waals surface area contributed by atoms with Gasteiger partial charge in [0, 0.05) is 19.3 Å². The quantitative estimate of drug-likeness (QED) is 0.393. The summed E-state index contributed by atoms with van der Waals surface area (Å²) in [6.07, 6.45) is 11.6. The fourth-order valence-corrected chi connectivity index (χ4v) is 2.04. The molecule has 1 rings (SSSR count). The molecule has 0 bridgehead atoms. The smallest absolute Gasteiger partial charge is 0.188 e. The van der Waals surface area contributed by atoms with Crippen molar-refractivity contribution in [2.45, 2.75) is 58.9 Å². The van der Waals surface area contributed by atoms with Gasteiger partial charge in [0.15, 0.2) is 5.96 Å². The summed E-state index contributed by atoms with van der Waals surface area (Å²) >= 11 is 0. The Labute approximate surface area is 122 Å². The zero-order valence-corrected chi connectivity index (χ0v) is 12.9. The third kappa shape index (κ3) is 7.81. The van der Waals surface area contributed by atoms with Crippen LogP contribution in [-0.4, -0.2) is 28.8 Å². The summed E-state index contributed by atoms with van der Waals surface area (Å²) < 4.78 is 1.91. The average molecular weight is 279 g/mol. The number of nitrogens with one attached hydrogen (secondary N) is 1. The molecule has 1 aromatic rings. The molecule has 0 aliphatic carbocycles. The van der Waals surface area contributed by atoms with Gasteiger partial charge in [0.05, 0.1) is 12.7 Å². The molecular formula is C15H29N5. The van der Waals surface area contributed by atoms with E-state index in [1.54, 1.807) is 0 Å². The van der Waals surface area contributed by atoms with Crippen molar-refractivity contribution >= 4 is 5.96 Å². The number of aromatic nitrogens is 2. The van der Waals surface area contributed by atoms with Crippen LogP contribution in [0.4, 0.5) is 0 Å². The molecule has 1 aromatic heterocycles. The Bertz CT molecular complexity index is 383. The van der Waals surface area contributed by atoms with Crippen molar-refractivity contribution in [3.63, 3.8) is 0 Å². The molecule has 0 amide bonds. The van der Waals surface area contributed by atoms with Crippen molar-refractivity contribution < 1.29 is 0 Å². The second-order valence-corrected chi connectivity index (χ2v) is 5.24. The Kier molecular flexibility index (Phi) is 8.51. The van der Waals surface area contributed by atoms with E-state index in [1.165, 1.54) is 37.7 Å². The van der Waals surface area contributed by atoms with E-state index in [2.05, 4.69) is 22.3 Å². The number of nitrogens with two attached hydrogens (primary N) is 1. The van der Waals surface area contributed by atoms with Gasteiger partial charge < -0.3 is 11.1 Å². The first-order chi connectivity index (χ1) is 9.72. The monoisotopic (exact) mass is 279 g/mol. The summed E-state index contributed by atoms with van der Waals surface area (Å²) in [5.74, 6) is 0.544. The lowest BCUT2D eigenvalue weighted by atomic mass is 10.1. The van der Waals surface area contributed by atoms with Crippen molar-refractivity contribution in [2.24, 2.45) is 10.7 Å². The van der Waals surface area contributed by atoms with E-state index >= 15 is 0 Å². The van der Waals surface area contributed by atoms with Crippen LogP contribution in [0.25, 0.3) is 0 Å². The van der Waals surface area contributed by atoms with Crippen molar-refractivity contribution in [3.8, 4) is 0 Å². The van der Waals surface area contributed by atoms with Crippen molar-refractivity contribution in [1.29, 1.82) is 0 Å². The molecule has 0 saturated heterocycles. The molecule has 0 saturated carbocycles. The van der Waals surface area contributed by atoms with Gasteiger partial charge in [-0.3, -0.25) is 9.67 Å². The Hall–Kier alpha value is -1.52. The zero-order chi connectivity index (χ0) is 14.6. The molecular weight excluding hydrogens is 250 g/mol. The van der Waals surface area contributed by atoms with E-state index in [4.69, 9.17) is 5.73 Å². The number of unbranched alkanes of at least 4 members (excludes halogenated alkanes) is 5. The third-order valence-corrected chi connectivity index (χ3v) is 3.20. The Morgan fingerprint density at radius 1 is 1.30 bits per heavy atom. The second-order valence-electron chi connectivity index (χ2n) is 5.24. The van der Waals surface area contributed by atoms with E-state index in [0.29, 0.717) is 5.96 Å². The van der Waals surface area contributed by atoms with Crippen molar-refractivity contribution in [3.05, 3.63) is 18.0 Å². The first-order valence-electron chi connectivity index (χ1n) is 7.75. The van der Waals surface area contributed by atoms with E-state index < -0.39 is 0 Å². The Morgan fingerprint density at radius 3 is 2.75 bits per heavy atom. The van der Waals surface area contributed by atoms with Gasteiger partial charge >= 0.3 is 0 Å². The molecule has 0 aromatic carbocycles. The first kappa shape index (κ1) is 16.5. The molecule has 5 heteroatoms. The van der Waals surface area contributed by atoms with Gasteiger partial charge in [0.25, 0.3) is 0 Å². The SMILES string of the molecule is CCCCCCCCN=C(N)NCCn1cc(C)cn1. The third-order valence-electron chi connectivity index (χ3n) is 3.20. The maximum Gasteiger partial charge on any atom is 0.188 e. The highest BCUT2D eigenvalue weighted by molar-refractivity contribution is 5.77. The van der Waals surface area contributed by atoms with Crippen LogP contribution in [0.15, 0.2) is 17.4 Å². The predicted octanol–water partition coefficient (Wildman–Crippen LogP) is 2.46. The van der Waals surface area contributed by atoms with Gasteiger partial charge in [0.1, 0.15) is 0 Å². The van der Waals surface area contributed by atoms with Gasteiger partial charge in [0.2, 0.25) is 0 Å². The molecule has 0 atom stereocenters. The first-order valence-corrected chi connectivity index (χ1v) is 7.75. The number of rotatable bonds is 10. The summed E-state index contributed by atoms with van der Waals surface area (Å²) in [5.41, 5.74) is 6.99. The molecule has 0 aliphatic rings. The summed E-state index contributed by atoms with van der Waals surface area (Å²) in [6, 6.07) is 0. The van der Waals surface area contributed by atoms with Crippen LogP contribution in [0.3, 0.4) is 0 Å². The summed E-state index contributed by atoms with van der Waals surface area (Å²) in [4.78, 5) is 4.33. The van der Waals surface area contributed by atoms with Gasteiger partial charge in [-0.25, -0.2) is 0 Å². The summed E-state index contributed by atoms with van der Waals surface area (Å²) in [7, 11) is 0. The van der Waals surface area contributed by atoms with Gasteiger partial charge in [-0.05, 0) is 18.9 Å². The number of nitrogens with zero attached hydrogens (tertiary/aromatic N) is 3. The molecule has 0 radical (unpaired) electrons. The van der Waals surface area contributed by atoms with Crippen LogP contribution in [0.2, 0.25) is 0 Å². The molecule has 0 fully saturated rings. The van der Waals surface area contributed by atoms with Crippen molar-refractivity contribution in [1.82, 2.24) is 15.1 Å². The standard InChI is InChI=1S/C15H29N5/c1-3-4-5-6-7-8-9-17-15(16)18-10-11-20-13-14(2)12-19-20/h12-13H,3-11H2,1-2H3,(H3,16,17,18). The van der Waals surface area contributed by atoms with Gasteiger partial charge in [-0.1, -0.05) is 39.0 Å². The van der Waals surface area contributed by atoms with Crippen LogP contribution in [0.5, 0.6) is 0 Å². The molecule has 20 heavy (non-hydrogen) atoms. The van der Waals surface area contributed by atoms with Crippen LogP contribution < -0.4 is 11.1 Å². The lowest BCUT2D eigenvalue weighted by Crippen LogP contribution is -2.34. The number of aryl methyl sites for hydroxylation is 1. The molecule has 0 unspecified atom stereocenters. The minimum Gasteiger partial charge on any atom is -0.370 e. The molecule has 0 spiro atoms. The van der Waals surface area contributed by atoms with Crippen molar-refractivity contribution in [2.75, 3.05) is 13.1 Å². The van der Waals surface area contributed by atoms with E-state index in [0.717, 1.165) is 26.1 Å². The lowest BCUT2D eigenvalue weighted by molar-refractivity contribution is 0.598. The average Bonchev–Trinajstić information content (AvgIpc) is 2.83. The molecule has 1 heterocycles. The predicted molar refractivity (Wildman–Crippen MR) is 84.8 cm³/mol. The highest BCUT2D eigenvalue weighted by atomic mass is 15.3. The fourth-order valence-electron chi connectivity index (χ4n) is 2.04. The molecule has 5 nitrogen and oxygen atoms in total. The molecule has 114 valence electrons. The highest BCUT2D eigenvalue weighted by Gasteiger charge is 1.95. The summed E-state index contributed by atoms with van der Waals surface area (Å²) in [6.45, 7) is 6.66. The van der Waals surface area contributed by atoms with Crippen LogP contribution in [0, 0.1) is 6.92 Å². The number of guanidine groups is 1. The number of hydrogen-bond donors (Lipinski definition) is 2. The minimum absolute atomic E-state index is 0.544. The van der Waals surface area contributed by atoms with Crippen LogP contribution in [0.1, 0.15) is 51.0 Å². The normalized spacial score (nSPS) is 11.8. The fraction of sp³-hybridized carbons (Fsp3) is 0.733. The maximum absolute atomic E-state index is 5.81. The van der Waals surface area contributed by atoms with E-state index in [-0.39, 0.29) is 0 Å². The van der Waals surface area contributed by atoms with Crippen LogP contribution >= 0.6 is 0 Å². The number of aliphatic imine (C=N–C) groups is 1. The van der Waals surface area contributed by atoms with Gasteiger partial charge in [-0.15, -0.1) is 0 Å². The highest BCUT2D eigenvalue weighted by Crippen LogP contribution is 2.04. The molecule has 3 N–H and O–H groups in total. The Balaban J connectivity index is 2.01. The van der Waals surface area contributed by atoms with Gasteiger partial charge in [-0.2, -0.15) is 5.10 Å². The number of hydrogen-bond acceptors (Lipinski definition) is 2. The second kappa shape index (κ2) is 10.3. The zero-order valence-electron chi connectivity index (χ0n) is 12.9. The van der Waals surface area contributed by atoms with Crippen LogP contribution in [-0.2, 0) is 6.54 Å².